The zero-order valence-electron chi connectivity index (χ0n) is 12.9. The fraction of sp³-hybridized carbons (Fsp3) is 0.188. The molecule has 0 saturated heterocycles. The van der Waals surface area contributed by atoms with Crippen molar-refractivity contribution >= 4 is 21.6 Å². The second kappa shape index (κ2) is 7.15. The van der Waals surface area contributed by atoms with Gasteiger partial charge in [-0.15, -0.1) is 0 Å². The lowest BCUT2D eigenvalue weighted by molar-refractivity contribution is -0.119. The average molecular weight is 334 g/mol. The van der Waals surface area contributed by atoms with E-state index in [1.807, 2.05) is 0 Å². The van der Waals surface area contributed by atoms with Gasteiger partial charge in [0.2, 0.25) is 5.91 Å². The van der Waals surface area contributed by atoms with Crippen LogP contribution in [0.4, 0.5) is 5.69 Å². The molecule has 1 N–H and O–H groups in total. The predicted octanol–water partition coefficient (Wildman–Crippen LogP) is 1.64. The smallest absolute Gasteiger partial charge is 0.264 e. The van der Waals surface area contributed by atoms with Gasteiger partial charge in [-0.25, -0.2) is 8.42 Å². The molecule has 122 valence electrons. The summed E-state index contributed by atoms with van der Waals surface area (Å²) in [6.45, 7) is -0.319. The van der Waals surface area contributed by atoms with Crippen molar-refractivity contribution in [2.24, 2.45) is 0 Å². The van der Waals surface area contributed by atoms with Crippen LogP contribution in [0.2, 0.25) is 0 Å². The van der Waals surface area contributed by atoms with Crippen LogP contribution in [0.5, 0.6) is 5.75 Å². The summed E-state index contributed by atoms with van der Waals surface area (Å²) in [5, 5.41) is 2.44. The molecule has 7 heteroatoms. The SMILES string of the molecule is CNC(=O)CN(c1cccc(OC)c1)S(=O)(=O)c1ccccc1. The van der Waals surface area contributed by atoms with E-state index in [1.165, 1.54) is 26.3 Å². The number of likely N-dealkylation sites (N-methyl/N-ethyl adjacent to an activating group) is 1. The van der Waals surface area contributed by atoms with Gasteiger partial charge in [0.25, 0.3) is 10.0 Å². The Kier molecular flexibility index (Phi) is 5.23. The van der Waals surface area contributed by atoms with Gasteiger partial charge in [0.05, 0.1) is 17.7 Å². The lowest BCUT2D eigenvalue weighted by Gasteiger charge is -2.24. The Balaban J connectivity index is 2.51. The van der Waals surface area contributed by atoms with E-state index in [9.17, 15) is 13.2 Å². The summed E-state index contributed by atoms with van der Waals surface area (Å²) in [4.78, 5) is 11.9. The molecule has 0 saturated carbocycles. The van der Waals surface area contributed by atoms with E-state index < -0.39 is 15.9 Å². The van der Waals surface area contributed by atoms with Gasteiger partial charge in [-0.05, 0) is 24.3 Å². The van der Waals surface area contributed by atoms with E-state index in [4.69, 9.17) is 4.74 Å². The van der Waals surface area contributed by atoms with Crippen molar-refractivity contribution in [3.8, 4) is 5.75 Å². The Labute approximate surface area is 135 Å². The highest BCUT2D eigenvalue weighted by Gasteiger charge is 2.26. The first-order chi connectivity index (χ1) is 11.0. The molecule has 2 rings (SSSR count). The van der Waals surface area contributed by atoms with Crippen LogP contribution in [-0.2, 0) is 14.8 Å². The number of benzene rings is 2. The third-order valence-corrected chi connectivity index (χ3v) is 5.03. The molecule has 0 heterocycles. The normalized spacial score (nSPS) is 10.9. The number of sulfonamides is 1. The zero-order chi connectivity index (χ0) is 16.9. The number of nitrogens with zero attached hydrogens (tertiary/aromatic N) is 1. The van der Waals surface area contributed by atoms with Gasteiger partial charge in [0.1, 0.15) is 12.3 Å². The molecule has 0 spiro atoms. The molecular formula is C16H18N2O4S. The number of amides is 1. The summed E-state index contributed by atoms with van der Waals surface area (Å²) in [5.74, 6) is 0.0972. The number of carbonyl (C=O) groups excluding carboxylic acids is 1. The van der Waals surface area contributed by atoms with Crippen molar-refractivity contribution in [2.75, 3.05) is 25.0 Å². The number of hydrogen-bond donors (Lipinski definition) is 1. The maximum absolute atomic E-state index is 12.9. The second-order valence-corrected chi connectivity index (χ2v) is 6.56. The minimum atomic E-state index is -3.87. The Morgan fingerprint density at radius 1 is 1.13 bits per heavy atom. The highest BCUT2D eigenvalue weighted by atomic mass is 32.2. The summed E-state index contributed by atoms with van der Waals surface area (Å²) in [6, 6.07) is 14.6. The number of hydrogen-bond acceptors (Lipinski definition) is 4. The molecule has 2 aromatic carbocycles. The summed E-state index contributed by atoms with van der Waals surface area (Å²) in [6.07, 6.45) is 0. The third-order valence-electron chi connectivity index (χ3n) is 3.24. The van der Waals surface area contributed by atoms with E-state index in [0.717, 1.165) is 4.31 Å². The zero-order valence-corrected chi connectivity index (χ0v) is 13.7. The van der Waals surface area contributed by atoms with Gasteiger partial charge in [0, 0.05) is 13.1 Å². The number of rotatable bonds is 6. The highest BCUT2D eigenvalue weighted by molar-refractivity contribution is 7.92. The predicted molar refractivity (Wildman–Crippen MR) is 88.0 cm³/mol. The lowest BCUT2D eigenvalue weighted by atomic mass is 10.3. The summed E-state index contributed by atoms with van der Waals surface area (Å²) in [5.41, 5.74) is 0.358. The molecule has 0 fully saturated rings. The van der Waals surface area contributed by atoms with Crippen molar-refractivity contribution in [1.82, 2.24) is 5.32 Å². The van der Waals surface area contributed by atoms with Crippen molar-refractivity contribution in [1.29, 1.82) is 0 Å². The number of anilines is 1. The molecule has 0 atom stereocenters. The highest BCUT2D eigenvalue weighted by Crippen LogP contribution is 2.26. The van der Waals surface area contributed by atoms with Gasteiger partial charge < -0.3 is 10.1 Å². The van der Waals surface area contributed by atoms with Gasteiger partial charge in [-0.3, -0.25) is 9.10 Å². The fourth-order valence-corrected chi connectivity index (χ4v) is 3.44. The first-order valence-electron chi connectivity index (χ1n) is 6.91. The molecule has 23 heavy (non-hydrogen) atoms. The van der Waals surface area contributed by atoms with Crippen LogP contribution in [-0.4, -0.2) is 35.0 Å². The summed E-state index contributed by atoms with van der Waals surface area (Å²) in [7, 11) is -0.914. The van der Waals surface area contributed by atoms with Crippen molar-refractivity contribution in [3.05, 3.63) is 54.6 Å². The topological polar surface area (TPSA) is 75.7 Å². The van der Waals surface area contributed by atoms with Crippen LogP contribution in [0.25, 0.3) is 0 Å². The molecule has 0 radical (unpaired) electrons. The number of methoxy groups -OCH3 is 1. The average Bonchev–Trinajstić information content (AvgIpc) is 2.60. The summed E-state index contributed by atoms with van der Waals surface area (Å²) < 4.78 is 32.0. The molecule has 0 aliphatic heterocycles. The standard InChI is InChI=1S/C16H18N2O4S/c1-17-16(19)12-18(13-7-6-8-14(11-13)22-2)23(20,21)15-9-4-3-5-10-15/h3-11H,12H2,1-2H3,(H,17,19). The van der Waals surface area contributed by atoms with Crippen LogP contribution in [0, 0.1) is 0 Å². The van der Waals surface area contributed by atoms with Crippen molar-refractivity contribution < 1.29 is 17.9 Å². The largest absolute Gasteiger partial charge is 0.497 e. The molecule has 2 aromatic rings. The maximum atomic E-state index is 12.9. The molecule has 6 nitrogen and oxygen atoms in total. The molecule has 0 aromatic heterocycles. The quantitative estimate of drug-likeness (QED) is 0.871. The summed E-state index contributed by atoms with van der Waals surface area (Å²) >= 11 is 0. The van der Waals surface area contributed by atoms with Crippen LogP contribution >= 0.6 is 0 Å². The molecule has 0 bridgehead atoms. The van der Waals surface area contributed by atoms with Gasteiger partial charge >= 0.3 is 0 Å². The molecular weight excluding hydrogens is 316 g/mol. The first-order valence-corrected chi connectivity index (χ1v) is 8.35. The number of nitrogens with one attached hydrogen (secondary N) is 1. The van der Waals surface area contributed by atoms with E-state index in [2.05, 4.69) is 5.32 Å². The van der Waals surface area contributed by atoms with Crippen LogP contribution < -0.4 is 14.4 Å². The maximum Gasteiger partial charge on any atom is 0.264 e. The van der Waals surface area contributed by atoms with Crippen molar-refractivity contribution in [2.45, 2.75) is 4.90 Å². The van der Waals surface area contributed by atoms with Crippen LogP contribution in [0.1, 0.15) is 0 Å². The number of ether oxygens (including phenoxy) is 1. The monoisotopic (exact) mass is 334 g/mol. The van der Waals surface area contributed by atoms with Gasteiger partial charge in [-0.2, -0.15) is 0 Å². The van der Waals surface area contributed by atoms with Gasteiger partial charge in [0.15, 0.2) is 0 Å². The lowest BCUT2D eigenvalue weighted by Crippen LogP contribution is -2.39. The Morgan fingerprint density at radius 3 is 2.43 bits per heavy atom. The van der Waals surface area contributed by atoms with Gasteiger partial charge in [-0.1, -0.05) is 24.3 Å². The molecule has 0 aliphatic rings. The second-order valence-electron chi connectivity index (χ2n) is 4.70. The molecule has 0 unspecified atom stereocenters. The fourth-order valence-electron chi connectivity index (χ4n) is 2.01. The minimum absolute atomic E-state index is 0.117. The number of carbonyl (C=O) groups is 1. The molecule has 1 amide bonds. The minimum Gasteiger partial charge on any atom is -0.497 e. The Bertz CT molecular complexity index is 776. The Hall–Kier alpha value is -2.54. The van der Waals surface area contributed by atoms with E-state index in [-0.39, 0.29) is 11.4 Å². The van der Waals surface area contributed by atoms with E-state index in [1.54, 1.807) is 42.5 Å². The first kappa shape index (κ1) is 16.8. The van der Waals surface area contributed by atoms with E-state index in [0.29, 0.717) is 11.4 Å². The Morgan fingerprint density at radius 2 is 1.83 bits per heavy atom. The van der Waals surface area contributed by atoms with Crippen LogP contribution in [0.3, 0.4) is 0 Å². The third kappa shape index (κ3) is 3.81. The van der Waals surface area contributed by atoms with E-state index >= 15 is 0 Å². The molecule has 0 aliphatic carbocycles. The van der Waals surface area contributed by atoms with Crippen LogP contribution in [0.15, 0.2) is 59.5 Å². The van der Waals surface area contributed by atoms with Crippen molar-refractivity contribution in [3.63, 3.8) is 0 Å².